The SMILES string of the molecule is CC1CC(O)(c2cccc(Sc3ccc4c(c3)CNC(=O)N4C)c2)CCO1. The second kappa shape index (κ2) is 7.19. The first-order valence-electron chi connectivity index (χ1n) is 9.21. The number of hydrogen-bond acceptors (Lipinski definition) is 4. The van der Waals surface area contributed by atoms with E-state index in [0.717, 1.165) is 26.6 Å². The molecule has 0 saturated carbocycles. The van der Waals surface area contributed by atoms with Crippen LogP contribution in [-0.2, 0) is 16.9 Å². The molecule has 0 aromatic heterocycles. The summed E-state index contributed by atoms with van der Waals surface area (Å²) < 4.78 is 5.59. The Hall–Kier alpha value is -2.02. The molecule has 5 nitrogen and oxygen atoms in total. The van der Waals surface area contributed by atoms with E-state index in [1.165, 1.54) is 0 Å². The number of rotatable bonds is 3. The third-order valence-corrected chi connectivity index (χ3v) is 6.28. The molecule has 2 amide bonds. The maximum atomic E-state index is 11.8. The van der Waals surface area contributed by atoms with Crippen LogP contribution in [0.4, 0.5) is 10.5 Å². The molecule has 0 bridgehead atoms. The van der Waals surface area contributed by atoms with Gasteiger partial charge in [0.2, 0.25) is 0 Å². The van der Waals surface area contributed by atoms with E-state index in [2.05, 4.69) is 23.5 Å². The fourth-order valence-electron chi connectivity index (χ4n) is 3.81. The van der Waals surface area contributed by atoms with Crippen molar-refractivity contribution < 1.29 is 14.6 Å². The van der Waals surface area contributed by atoms with Crippen molar-refractivity contribution in [2.45, 2.75) is 47.8 Å². The van der Waals surface area contributed by atoms with Gasteiger partial charge in [-0.1, -0.05) is 23.9 Å². The average Bonchev–Trinajstić information content (AvgIpc) is 2.65. The number of hydrogen-bond donors (Lipinski definition) is 2. The van der Waals surface area contributed by atoms with Gasteiger partial charge in [0, 0.05) is 36.2 Å². The summed E-state index contributed by atoms with van der Waals surface area (Å²) in [7, 11) is 1.78. The molecule has 4 rings (SSSR count). The normalized spacial score (nSPS) is 25.1. The standard InChI is InChI=1S/C21H24N2O3S/c1-14-12-21(25,8-9-26-14)16-4-3-5-17(11-16)27-18-6-7-19-15(10-18)13-22-20(24)23(19)2/h3-7,10-11,14,25H,8-9,12-13H2,1-2H3,(H,22,24). The van der Waals surface area contributed by atoms with Crippen molar-refractivity contribution in [3.05, 3.63) is 53.6 Å². The van der Waals surface area contributed by atoms with Crippen LogP contribution in [0, 0.1) is 0 Å². The summed E-state index contributed by atoms with van der Waals surface area (Å²) in [4.78, 5) is 15.6. The van der Waals surface area contributed by atoms with Crippen molar-refractivity contribution in [1.29, 1.82) is 0 Å². The average molecular weight is 385 g/mol. The summed E-state index contributed by atoms with van der Waals surface area (Å²) in [6.07, 6.45) is 1.30. The molecule has 2 aliphatic heterocycles. The summed E-state index contributed by atoms with van der Waals surface area (Å²) in [6, 6.07) is 14.2. The maximum Gasteiger partial charge on any atom is 0.321 e. The van der Waals surface area contributed by atoms with E-state index in [1.54, 1.807) is 23.7 Å². The Bertz CT molecular complexity index is 872. The lowest BCUT2D eigenvalue weighted by Gasteiger charge is -2.36. The molecule has 0 aliphatic carbocycles. The predicted molar refractivity (Wildman–Crippen MR) is 106 cm³/mol. The number of aliphatic hydroxyl groups is 1. The molecular formula is C21H24N2O3S. The van der Waals surface area contributed by atoms with E-state index >= 15 is 0 Å². The van der Waals surface area contributed by atoms with Crippen LogP contribution in [0.5, 0.6) is 0 Å². The third-order valence-electron chi connectivity index (χ3n) is 5.30. The predicted octanol–water partition coefficient (Wildman–Crippen LogP) is 3.88. The summed E-state index contributed by atoms with van der Waals surface area (Å²) in [5, 5.41) is 14.0. The third kappa shape index (κ3) is 3.70. The minimum Gasteiger partial charge on any atom is -0.385 e. The molecule has 2 aromatic rings. The van der Waals surface area contributed by atoms with Crippen LogP contribution >= 0.6 is 11.8 Å². The molecular weight excluding hydrogens is 360 g/mol. The number of urea groups is 1. The first kappa shape index (κ1) is 18.3. The zero-order valence-electron chi connectivity index (χ0n) is 15.6. The van der Waals surface area contributed by atoms with Gasteiger partial charge in [-0.3, -0.25) is 4.90 Å². The van der Waals surface area contributed by atoms with Crippen LogP contribution in [0.15, 0.2) is 52.3 Å². The highest BCUT2D eigenvalue weighted by Crippen LogP contribution is 2.38. The van der Waals surface area contributed by atoms with Gasteiger partial charge in [-0.15, -0.1) is 0 Å². The van der Waals surface area contributed by atoms with Gasteiger partial charge in [-0.2, -0.15) is 0 Å². The molecule has 27 heavy (non-hydrogen) atoms. The molecule has 1 fully saturated rings. The number of carbonyl (C=O) groups is 1. The Morgan fingerprint density at radius 2 is 2.07 bits per heavy atom. The van der Waals surface area contributed by atoms with Gasteiger partial charge in [-0.05, 0) is 48.4 Å². The molecule has 0 radical (unpaired) electrons. The Labute approximate surface area is 163 Å². The van der Waals surface area contributed by atoms with Crippen molar-refractivity contribution >= 4 is 23.5 Å². The highest BCUT2D eigenvalue weighted by atomic mass is 32.2. The topological polar surface area (TPSA) is 61.8 Å². The van der Waals surface area contributed by atoms with Gasteiger partial charge < -0.3 is 15.2 Å². The molecule has 6 heteroatoms. The van der Waals surface area contributed by atoms with Crippen LogP contribution in [-0.4, -0.2) is 30.9 Å². The van der Waals surface area contributed by atoms with E-state index in [9.17, 15) is 9.90 Å². The summed E-state index contributed by atoms with van der Waals surface area (Å²) >= 11 is 1.67. The van der Waals surface area contributed by atoms with Crippen molar-refractivity contribution in [3.8, 4) is 0 Å². The minimum atomic E-state index is -0.822. The number of amides is 2. The Balaban J connectivity index is 1.56. The zero-order valence-corrected chi connectivity index (χ0v) is 16.4. The molecule has 2 N–H and O–H groups in total. The molecule has 2 aliphatic rings. The molecule has 2 atom stereocenters. The van der Waals surface area contributed by atoms with E-state index in [0.29, 0.717) is 26.0 Å². The lowest BCUT2D eigenvalue weighted by atomic mass is 9.84. The number of nitrogens with one attached hydrogen (secondary N) is 1. The quantitative estimate of drug-likeness (QED) is 0.843. The van der Waals surface area contributed by atoms with Gasteiger partial charge in [0.15, 0.2) is 0 Å². The van der Waals surface area contributed by atoms with Gasteiger partial charge >= 0.3 is 6.03 Å². The fourth-order valence-corrected chi connectivity index (χ4v) is 4.75. The molecule has 2 aromatic carbocycles. The summed E-state index contributed by atoms with van der Waals surface area (Å²) in [6.45, 7) is 3.13. The number of anilines is 1. The molecule has 142 valence electrons. The smallest absolute Gasteiger partial charge is 0.321 e. The van der Waals surface area contributed by atoms with E-state index in [-0.39, 0.29) is 12.1 Å². The first-order valence-corrected chi connectivity index (χ1v) is 10.0. The van der Waals surface area contributed by atoms with Crippen LogP contribution in [0.25, 0.3) is 0 Å². The van der Waals surface area contributed by atoms with Gasteiger partial charge in [0.25, 0.3) is 0 Å². The first-order chi connectivity index (χ1) is 12.9. The highest BCUT2D eigenvalue weighted by Gasteiger charge is 2.35. The Kier molecular flexibility index (Phi) is 4.88. The lowest BCUT2D eigenvalue weighted by Crippen LogP contribution is -2.41. The van der Waals surface area contributed by atoms with E-state index in [1.807, 2.05) is 31.2 Å². The minimum absolute atomic E-state index is 0.0629. The second-order valence-corrected chi connectivity index (χ2v) is 8.45. The van der Waals surface area contributed by atoms with Crippen LogP contribution < -0.4 is 10.2 Å². The van der Waals surface area contributed by atoms with Crippen LogP contribution in [0.2, 0.25) is 0 Å². The summed E-state index contributed by atoms with van der Waals surface area (Å²) in [5.74, 6) is 0. The molecule has 1 saturated heterocycles. The fraction of sp³-hybridized carbons (Fsp3) is 0.381. The second-order valence-electron chi connectivity index (χ2n) is 7.31. The molecule has 0 spiro atoms. The van der Waals surface area contributed by atoms with Gasteiger partial charge in [-0.25, -0.2) is 4.79 Å². The molecule has 2 unspecified atom stereocenters. The number of carbonyl (C=O) groups excluding carboxylic acids is 1. The Morgan fingerprint density at radius 1 is 1.26 bits per heavy atom. The number of fused-ring (bicyclic) bond motifs is 1. The number of benzene rings is 2. The van der Waals surface area contributed by atoms with Gasteiger partial charge in [0.05, 0.1) is 24.0 Å². The van der Waals surface area contributed by atoms with Crippen molar-refractivity contribution in [2.75, 3.05) is 18.6 Å². The monoisotopic (exact) mass is 384 g/mol. The van der Waals surface area contributed by atoms with E-state index in [4.69, 9.17) is 4.74 Å². The highest BCUT2D eigenvalue weighted by molar-refractivity contribution is 7.99. The summed E-state index contributed by atoms with van der Waals surface area (Å²) in [5.41, 5.74) is 2.18. The zero-order chi connectivity index (χ0) is 19.0. The largest absolute Gasteiger partial charge is 0.385 e. The van der Waals surface area contributed by atoms with Crippen LogP contribution in [0.3, 0.4) is 0 Å². The van der Waals surface area contributed by atoms with Crippen LogP contribution in [0.1, 0.15) is 30.9 Å². The maximum absolute atomic E-state index is 11.8. The lowest BCUT2D eigenvalue weighted by molar-refractivity contribution is -0.101. The van der Waals surface area contributed by atoms with Crippen molar-refractivity contribution in [3.63, 3.8) is 0 Å². The molecule has 2 heterocycles. The van der Waals surface area contributed by atoms with Crippen molar-refractivity contribution in [2.24, 2.45) is 0 Å². The Morgan fingerprint density at radius 3 is 2.89 bits per heavy atom. The van der Waals surface area contributed by atoms with Crippen molar-refractivity contribution in [1.82, 2.24) is 5.32 Å². The number of nitrogens with zero attached hydrogens (tertiary/aromatic N) is 1. The number of ether oxygens (including phenoxy) is 1. The van der Waals surface area contributed by atoms with Gasteiger partial charge in [0.1, 0.15) is 0 Å². The van der Waals surface area contributed by atoms with E-state index < -0.39 is 5.60 Å².